The molecule has 0 aromatic heterocycles. The molecule has 0 aliphatic heterocycles. The summed E-state index contributed by atoms with van der Waals surface area (Å²) in [6, 6.07) is 27.5. The fourth-order valence-electron chi connectivity index (χ4n) is 15.8. The Balaban J connectivity index is 0.000000419. The predicted molar refractivity (Wildman–Crippen MR) is 518 cm³/mol. The average Bonchev–Trinajstić information content (AvgIpc) is 0.734. The molecule has 688 valence electrons. The number of hydrogen-bond acceptors (Lipinski definition) is 11. The number of aryl methyl sites for hydroxylation is 3. The molecule has 0 aliphatic rings. The summed E-state index contributed by atoms with van der Waals surface area (Å²) >= 11 is 0. The Morgan fingerprint density at radius 1 is 0.248 bits per heavy atom. The molecule has 0 fully saturated rings. The van der Waals surface area contributed by atoms with E-state index < -0.39 is 29.3 Å². The Morgan fingerprint density at radius 2 is 0.408 bits per heavy atom. The van der Waals surface area contributed by atoms with Gasteiger partial charge in [-0.1, -0.05) is 335 Å². The highest BCUT2D eigenvalue weighted by atomic mass is 16.4. The molecule has 0 saturated heterocycles. The second kappa shape index (κ2) is 39.5. The summed E-state index contributed by atoms with van der Waals surface area (Å²) in [5, 5.41) is 111. The number of benzene rings is 7. The van der Waals surface area contributed by atoms with Crippen LogP contribution >= 0.6 is 0 Å². The van der Waals surface area contributed by atoms with Crippen LogP contribution < -0.4 is 0 Å². The topological polar surface area (TPSA) is 291 Å². The highest BCUT2D eigenvalue weighted by molar-refractivity contribution is 5.88. The van der Waals surface area contributed by atoms with E-state index in [1.165, 1.54) is 16.7 Å². The van der Waals surface area contributed by atoms with Gasteiger partial charge >= 0.3 is 23.9 Å². The van der Waals surface area contributed by atoms with E-state index >= 15 is 0 Å². The van der Waals surface area contributed by atoms with Crippen molar-refractivity contribution in [2.45, 2.75) is 366 Å². The quantitative estimate of drug-likeness (QED) is 0.0378. The van der Waals surface area contributed by atoms with E-state index in [0.717, 1.165) is 107 Å². The van der Waals surface area contributed by atoms with Crippen molar-refractivity contribution in [3.05, 3.63) is 250 Å². The molecule has 11 N–H and O–H groups in total. The van der Waals surface area contributed by atoms with Crippen LogP contribution in [0.25, 0.3) is 0 Å². The van der Waals surface area contributed by atoms with Crippen molar-refractivity contribution in [3.63, 3.8) is 0 Å². The molecular weight excluding hydrogens is 1560 g/mol. The fourth-order valence-corrected chi connectivity index (χ4v) is 15.8. The minimum absolute atomic E-state index is 0.153. The normalized spacial score (nSPS) is 12.8. The van der Waals surface area contributed by atoms with Crippen LogP contribution in [0.2, 0.25) is 0 Å². The molecule has 0 spiro atoms. The van der Waals surface area contributed by atoms with Gasteiger partial charge in [0.15, 0.2) is 0 Å². The van der Waals surface area contributed by atoms with Gasteiger partial charge < -0.3 is 56.2 Å². The summed E-state index contributed by atoms with van der Waals surface area (Å²) < 4.78 is 0. The fraction of sp³-hybridized carbons (Fsp3) is 0.509. The van der Waals surface area contributed by atoms with Gasteiger partial charge in [-0.2, -0.15) is 0 Å². The van der Waals surface area contributed by atoms with Crippen molar-refractivity contribution in [2.24, 2.45) is 0 Å². The summed E-state index contributed by atoms with van der Waals surface area (Å²) in [7, 11) is 0. The van der Waals surface area contributed by atoms with E-state index in [-0.39, 0.29) is 113 Å². The van der Waals surface area contributed by atoms with Crippen LogP contribution in [0.5, 0.6) is 40.2 Å². The zero-order valence-corrected chi connectivity index (χ0v) is 83.6. The van der Waals surface area contributed by atoms with Crippen LogP contribution in [0.15, 0.2) is 134 Å². The first-order valence-electron chi connectivity index (χ1n) is 43.5. The third-order valence-electron chi connectivity index (χ3n) is 23.0. The van der Waals surface area contributed by atoms with Crippen molar-refractivity contribution in [1.82, 2.24) is 0 Å². The SMILES string of the molecule is C=C(Cc1cc(C(C)(C)C)c(O)c(C(C)(C)C)c1)C(=O)O.C=C(Cc1cc(C(C)(C)C)c(O)c(C(C)(C)C)c1)C(=O)O.C=C(Cc1cc(C(C)(C)C)c(O)c(C(C)(C)C)c1)C(=O)O.C=C(Cc1cc(C(C)(C)C)c(O)c(C(C)(C)C)c1)C(=O)O.Cc1cc(O)c(C(C)(C)C)cc1C(C)CC(C)(c1cc(C(C)(C)C)c(O)cc1C)c1cc(C(C)(C)C)c(O)cc1C. The number of aromatic hydroxyl groups is 7. The lowest BCUT2D eigenvalue weighted by Crippen LogP contribution is -2.30. The van der Waals surface area contributed by atoms with Crippen molar-refractivity contribution in [2.75, 3.05) is 0 Å². The van der Waals surface area contributed by atoms with Crippen molar-refractivity contribution < 1.29 is 75.3 Å². The molecule has 15 nitrogen and oxygen atoms in total. The average molecular weight is 1720 g/mol. The maximum Gasteiger partial charge on any atom is 0.331 e. The zero-order chi connectivity index (χ0) is 97.8. The smallest absolute Gasteiger partial charge is 0.331 e. The van der Waals surface area contributed by atoms with Crippen molar-refractivity contribution in [3.8, 4) is 40.2 Å². The van der Waals surface area contributed by atoms with E-state index in [1.54, 1.807) is 0 Å². The maximum absolute atomic E-state index is 11.0. The molecule has 0 radical (unpaired) electrons. The van der Waals surface area contributed by atoms with E-state index in [1.807, 2.05) is 233 Å². The van der Waals surface area contributed by atoms with Gasteiger partial charge in [-0.15, -0.1) is 0 Å². The van der Waals surface area contributed by atoms with Crippen LogP contribution in [0, 0.1) is 20.8 Å². The highest BCUT2D eigenvalue weighted by Crippen LogP contribution is 2.51. The van der Waals surface area contributed by atoms with Gasteiger partial charge in [0, 0.05) is 53.4 Å². The summed E-state index contributed by atoms with van der Waals surface area (Å²) in [6.07, 6.45) is 1.93. The Bertz CT molecular complexity index is 4530. The molecule has 0 amide bonds. The first-order valence-corrected chi connectivity index (χ1v) is 43.5. The molecule has 1 atom stereocenters. The maximum atomic E-state index is 11.0. The van der Waals surface area contributed by atoms with Gasteiger partial charge in [0.2, 0.25) is 0 Å². The third-order valence-corrected chi connectivity index (χ3v) is 23.0. The Hall–Kier alpha value is -10.0. The summed E-state index contributed by atoms with van der Waals surface area (Å²) in [5.74, 6) is -1.56. The van der Waals surface area contributed by atoms with Gasteiger partial charge in [0.1, 0.15) is 40.2 Å². The Morgan fingerprint density at radius 3 is 0.568 bits per heavy atom. The van der Waals surface area contributed by atoms with Crippen LogP contribution in [0.3, 0.4) is 0 Å². The largest absolute Gasteiger partial charge is 0.508 e. The third kappa shape index (κ3) is 29.3. The van der Waals surface area contributed by atoms with E-state index in [9.17, 15) is 54.9 Å². The van der Waals surface area contributed by atoms with E-state index in [0.29, 0.717) is 40.2 Å². The predicted octanol–water partition coefficient (Wildman–Crippen LogP) is 26.8. The van der Waals surface area contributed by atoms with Crippen molar-refractivity contribution >= 4 is 23.9 Å². The van der Waals surface area contributed by atoms with Crippen molar-refractivity contribution in [1.29, 1.82) is 0 Å². The molecule has 125 heavy (non-hydrogen) atoms. The number of carboxylic acids is 4. The number of phenolic OH excluding ortho intramolecular Hbond substituents is 7. The standard InChI is InChI=1S/C38H54O3.4C18H26O3/c1-22-15-32(39)29(35(5,6)7)18-26(22)25(4)21-38(14,27-19-30(36(8,9)10)33(40)16-23(27)2)28-20-31(37(11,12)13)34(41)17-24(28)3;4*1-11(16(20)21)8-12-9-13(17(2,3)4)15(19)14(10-12)18(5,6)7/h15-20,25,39-41H,21H2,1-14H3;4*9-10,19H,1,8H2,2-7H3,(H,20,21). The van der Waals surface area contributed by atoms with Gasteiger partial charge in [-0.25, -0.2) is 19.2 Å². The second-order valence-electron chi connectivity index (χ2n) is 46.3. The number of carbonyl (C=O) groups is 4. The summed E-state index contributed by atoms with van der Waals surface area (Å²) in [5.41, 5.74) is 17.6. The van der Waals surface area contributed by atoms with Crippen LogP contribution in [-0.2, 0) is 110 Å². The molecule has 1 unspecified atom stereocenters. The number of rotatable bonds is 17. The molecule has 7 aromatic rings. The number of phenols is 7. The Labute approximate surface area is 751 Å². The summed E-state index contributed by atoms with van der Waals surface area (Å²) in [6.45, 7) is 93.2. The minimum atomic E-state index is -0.988. The Kier molecular flexibility index (Phi) is 34.5. The minimum Gasteiger partial charge on any atom is -0.508 e. The second-order valence-corrected chi connectivity index (χ2v) is 46.3. The van der Waals surface area contributed by atoms with E-state index in [4.69, 9.17) is 20.4 Å². The molecule has 15 heteroatoms. The van der Waals surface area contributed by atoms with Gasteiger partial charge in [-0.05, 0) is 228 Å². The van der Waals surface area contributed by atoms with Gasteiger partial charge in [0.25, 0.3) is 0 Å². The number of hydrogen-bond donors (Lipinski definition) is 11. The lowest BCUT2D eigenvalue weighted by molar-refractivity contribution is -0.133. The summed E-state index contributed by atoms with van der Waals surface area (Å²) in [4.78, 5) is 43.9. The van der Waals surface area contributed by atoms with Gasteiger partial charge in [-0.3, -0.25) is 0 Å². The highest BCUT2D eigenvalue weighted by Gasteiger charge is 2.39. The molecular formula is C110H158O15. The lowest BCUT2D eigenvalue weighted by Gasteiger charge is -2.39. The monoisotopic (exact) mass is 1720 g/mol. The molecule has 7 aromatic carbocycles. The van der Waals surface area contributed by atoms with Gasteiger partial charge in [0.05, 0.1) is 0 Å². The van der Waals surface area contributed by atoms with E-state index in [2.05, 4.69) is 141 Å². The molecule has 0 saturated carbocycles. The van der Waals surface area contributed by atoms with Crippen LogP contribution in [-0.4, -0.2) is 80.0 Å². The van der Waals surface area contributed by atoms with Crippen LogP contribution in [0.4, 0.5) is 0 Å². The lowest BCUT2D eigenvalue weighted by atomic mass is 9.65. The molecule has 0 bridgehead atoms. The number of aliphatic carboxylic acids is 4. The van der Waals surface area contributed by atoms with Crippen LogP contribution in [0.1, 0.15) is 372 Å². The zero-order valence-electron chi connectivity index (χ0n) is 83.6. The molecule has 0 aliphatic carbocycles. The number of carboxylic acid groups (broad SMARTS) is 4. The first-order chi connectivity index (χ1) is 55.8. The first kappa shape index (κ1) is 109. The molecule has 0 heterocycles. The molecule has 7 rings (SSSR count).